The Balaban J connectivity index is 2.76. The van der Waals surface area contributed by atoms with Crippen molar-refractivity contribution >= 4 is 23.2 Å². The number of amides is 1. The minimum atomic E-state index is -1.07. The molecule has 0 aliphatic heterocycles. The predicted molar refractivity (Wildman–Crippen MR) is 73.1 cm³/mol. The second-order valence-corrected chi connectivity index (χ2v) is 5.32. The molecule has 1 heterocycles. The van der Waals surface area contributed by atoms with E-state index in [9.17, 15) is 9.59 Å². The highest BCUT2D eigenvalue weighted by molar-refractivity contribution is 7.09. The Hall–Kier alpha value is -1.47. The lowest BCUT2D eigenvalue weighted by Crippen LogP contribution is -2.53. The first kappa shape index (κ1) is 15.6. The predicted octanol–water partition coefficient (Wildman–Crippen LogP) is 1.54. The molecule has 0 aromatic carbocycles. The van der Waals surface area contributed by atoms with E-state index in [0.717, 1.165) is 0 Å². The van der Waals surface area contributed by atoms with E-state index in [2.05, 4.69) is 10.3 Å². The van der Waals surface area contributed by atoms with Crippen LogP contribution in [0.15, 0.2) is 5.38 Å². The van der Waals surface area contributed by atoms with Crippen LogP contribution in [0.2, 0.25) is 0 Å². The van der Waals surface area contributed by atoms with Gasteiger partial charge < -0.3 is 16.2 Å². The molecule has 1 unspecified atom stereocenters. The summed E-state index contributed by atoms with van der Waals surface area (Å²) in [6.45, 7) is 5.48. The van der Waals surface area contributed by atoms with Gasteiger partial charge in [0, 0.05) is 5.38 Å². The van der Waals surface area contributed by atoms with Gasteiger partial charge in [0.15, 0.2) is 5.69 Å². The molecule has 0 spiro atoms. The standard InChI is InChI=1S/C12H19N3O3S/c1-4-12(13,5-2)11(18)14-7(3)9-15-8(6-19-9)10(16)17/h6-7H,4-5,13H2,1-3H3,(H,14,18)(H,16,17). The maximum Gasteiger partial charge on any atom is 0.355 e. The number of hydrogen-bond donors (Lipinski definition) is 3. The van der Waals surface area contributed by atoms with Crippen LogP contribution < -0.4 is 11.1 Å². The Morgan fingerprint density at radius 3 is 2.53 bits per heavy atom. The number of carboxylic acids is 1. The lowest BCUT2D eigenvalue weighted by Gasteiger charge is -2.26. The quantitative estimate of drug-likeness (QED) is 0.735. The van der Waals surface area contributed by atoms with Crippen molar-refractivity contribution in [1.29, 1.82) is 0 Å². The van der Waals surface area contributed by atoms with Gasteiger partial charge in [-0.05, 0) is 19.8 Å². The second-order valence-electron chi connectivity index (χ2n) is 4.43. The maximum absolute atomic E-state index is 12.1. The van der Waals surface area contributed by atoms with Crippen molar-refractivity contribution in [1.82, 2.24) is 10.3 Å². The maximum atomic E-state index is 12.1. The van der Waals surface area contributed by atoms with Crippen LogP contribution in [0.1, 0.15) is 55.2 Å². The molecule has 1 aromatic heterocycles. The van der Waals surface area contributed by atoms with Crippen LogP contribution >= 0.6 is 11.3 Å². The molecule has 0 fully saturated rings. The third-order valence-electron chi connectivity index (χ3n) is 3.17. The number of thiazole rings is 1. The zero-order chi connectivity index (χ0) is 14.6. The van der Waals surface area contributed by atoms with Crippen molar-refractivity contribution in [2.24, 2.45) is 5.73 Å². The fourth-order valence-electron chi connectivity index (χ4n) is 1.56. The van der Waals surface area contributed by atoms with Gasteiger partial charge in [0.05, 0.1) is 11.6 Å². The molecule has 0 saturated carbocycles. The Morgan fingerprint density at radius 1 is 1.53 bits per heavy atom. The van der Waals surface area contributed by atoms with Crippen molar-refractivity contribution in [3.63, 3.8) is 0 Å². The first-order valence-corrected chi connectivity index (χ1v) is 7.00. The minimum Gasteiger partial charge on any atom is -0.476 e. The van der Waals surface area contributed by atoms with E-state index in [4.69, 9.17) is 10.8 Å². The second kappa shape index (κ2) is 6.12. The molecule has 0 saturated heterocycles. The smallest absolute Gasteiger partial charge is 0.355 e. The average Bonchev–Trinajstić information content (AvgIpc) is 2.87. The van der Waals surface area contributed by atoms with Gasteiger partial charge in [-0.3, -0.25) is 4.79 Å². The number of nitrogens with zero attached hydrogens (tertiary/aromatic N) is 1. The van der Waals surface area contributed by atoms with E-state index in [-0.39, 0.29) is 17.6 Å². The number of nitrogens with one attached hydrogen (secondary N) is 1. The number of rotatable bonds is 6. The normalized spacial score (nSPS) is 13.1. The molecule has 1 rings (SSSR count). The first-order chi connectivity index (χ1) is 8.84. The number of carbonyl (C=O) groups is 2. The topological polar surface area (TPSA) is 105 Å². The molecule has 4 N–H and O–H groups in total. The number of aromatic carboxylic acids is 1. The summed E-state index contributed by atoms with van der Waals surface area (Å²) >= 11 is 1.21. The molecule has 0 bridgehead atoms. The van der Waals surface area contributed by atoms with Crippen molar-refractivity contribution in [2.45, 2.75) is 45.2 Å². The first-order valence-electron chi connectivity index (χ1n) is 6.12. The molecule has 19 heavy (non-hydrogen) atoms. The van der Waals surface area contributed by atoms with Crippen molar-refractivity contribution in [3.8, 4) is 0 Å². The minimum absolute atomic E-state index is 0.00825. The highest BCUT2D eigenvalue weighted by atomic mass is 32.1. The van der Waals surface area contributed by atoms with E-state index in [1.807, 2.05) is 13.8 Å². The molecule has 106 valence electrons. The zero-order valence-corrected chi connectivity index (χ0v) is 12.1. The number of nitrogens with two attached hydrogens (primary N) is 1. The molecule has 0 radical (unpaired) electrons. The van der Waals surface area contributed by atoms with E-state index in [1.54, 1.807) is 6.92 Å². The largest absolute Gasteiger partial charge is 0.476 e. The van der Waals surface area contributed by atoms with Gasteiger partial charge in [0.2, 0.25) is 5.91 Å². The molecule has 0 aliphatic rings. The Morgan fingerprint density at radius 2 is 2.11 bits per heavy atom. The van der Waals surface area contributed by atoms with Crippen molar-refractivity contribution in [2.75, 3.05) is 0 Å². The van der Waals surface area contributed by atoms with Gasteiger partial charge in [0.1, 0.15) is 5.01 Å². The van der Waals surface area contributed by atoms with Gasteiger partial charge >= 0.3 is 5.97 Å². The Kier molecular flexibility index (Phi) is 5.02. The summed E-state index contributed by atoms with van der Waals surface area (Å²) in [6, 6.07) is -0.355. The van der Waals surface area contributed by atoms with Gasteiger partial charge in [-0.2, -0.15) is 0 Å². The van der Waals surface area contributed by atoms with Gasteiger partial charge in [-0.1, -0.05) is 13.8 Å². The summed E-state index contributed by atoms with van der Waals surface area (Å²) in [5.41, 5.74) is 5.10. The van der Waals surface area contributed by atoms with Crippen LogP contribution in [0.3, 0.4) is 0 Å². The number of hydrogen-bond acceptors (Lipinski definition) is 5. The molecule has 1 atom stereocenters. The van der Waals surface area contributed by atoms with Gasteiger partial charge in [0.25, 0.3) is 0 Å². The molecule has 6 nitrogen and oxygen atoms in total. The van der Waals surface area contributed by atoms with Crippen molar-refractivity contribution in [3.05, 3.63) is 16.1 Å². The van der Waals surface area contributed by atoms with E-state index >= 15 is 0 Å². The third kappa shape index (κ3) is 3.51. The molecule has 1 amide bonds. The monoisotopic (exact) mass is 285 g/mol. The summed E-state index contributed by atoms with van der Waals surface area (Å²) < 4.78 is 0. The van der Waals surface area contributed by atoms with Crippen LogP contribution in [0, 0.1) is 0 Å². The fourth-order valence-corrected chi connectivity index (χ4v) is 2.36. The highest BCUT2D eigenvalue weighted by Gasteiger charge is 2.31. The fraction of sp³-hybridized carbons (Fsp3) is 0.583. The highest BCUT2D eigenvalue weighted by Crippen LogP contribution is 2.20. The van der Waals surface area contributed by atoms with Gasteiger partial charge in [-0.15, -0.1) is 11.3 Å². The van der Waals surface area contributed by atoms with E-state index in [0.29, 0.717) is 17.8 Å². The zero-order valence-electron chi connectivity index (χ0n) is 11.3. The SMILES string of the molecule is CCC(N)(CC)C(=O)NC(C)c1nc(C(=O)O)cs1. The summed E-state index contributed by atoms with van der Waals surface area (Å²) in [5.74, 6) is -1.31. The molecular weight excluding hydrogens is 266 g/mol. The molecular formula is C12H19N3O3S. The lowest BCUT2D eigenvalue weighted by atomic mass is 9.93. The van der Waals surface area contributed by atoms with E-state index < -0.39 is 11.5 Å². The molecule has 0 aliphatic carbocycles. The Bertz CT molecular complexity index is 469. The molecule has 1 aromatic rings. The molecule has 7 heteroatoms. The van der Waals surface area contributed by atoms with Crippen LogP contribution in [-0.2, 0) is 4.79 Å². The van der Waals surface area contributed by atoms with Crippen LogP contribution in [-0.4, -0.2) is 27.5 Å². The van der Waals surface area contributed by atoms with Gasteiger partial charge in [-0.25, -0.2) is 9.78 Å². The lowest BCUT2D eigenvalue weighted by molar-refractivity contribution is -0.127. The summed E-state index contributed by atoms with van der Waals surface area (Å²) in [6.07, 6.45) is 1.08. The van der Waals surface area contributed by atoms with Crippen molar-refractivity contribution < 1.29 is 14.7 Å². The van der Waals surface area contributed by atoms with E-state index in [1.165, 1.54) is 16.7 Å². The summed E-state index contributed by atoms with van der Waals surface area (Å²) in [7, 11) is 0. The number of aromatic nitrogens is 1. The number of carbonyl (C=O) groups excluding carboxylic acids is 1. The van der Waals surface area contributed by atoms with Crippen LogP contribution in [0.5, 0.6) is 0 Å². The summed E-state index contributed by atoms with van der Waals surface area (Å²) in [5, 5.41) is 13.6. The third-order valence-corrected chi connectivity index (χ3v) is 4.20. The summed E-state index contributed by atoms with van der Waals surface area (Å²) in [4.78, 5) is 26.8. The van der Waals surface area contributed by atoms with Crippen LogP contribution in [0.25, 0.3) is 0 Å². The number of carboxylic acid groups (broad SMARTS) is 1. The van der Waals surface area contributed by atoms with Crippen LogP contribution in [0.4, 0.5) is 0 Å². The Labute approximate surface area is 116 Å². The average molecular weight is 285 g/mol.